The molecule has 0 heterocycles. The van der Waals surface area contributed by atoms with Crippen molar-refractivity contribution in [3.63, 3.8) is 0 Å². The Morgan fingerprint density at radius 3 is 2.45 bits per heavy atom. The highest BCUT2D eigenvalue weighted by molar-refractivity contribution is 6.41. The maximum Gasteiger partial charge on any atom is 0.318 e. The number of hydrogen-bond donors (Lipinski definition) is 2. The summed E-state index contributed by atoms with van der Waals surface area (Å²) in [6.45, 7) is 5.11. The molecule has 0 aliphatic rings. The minimum absolute atomic E-state index is 0.0222. The zero-order valence-corrected chi connectivity index (χ0v) is 11.9. The monoisotopic (exact) mass is 277 g/mol. The second-order valence-corrected chi connectivity index (χ2v) is 4.47. The van der Waals surface area contributed by atoms with E-state index < -0.39 is 17.7 Å². The Balaban J connectivity index is 2.87. The fraction of sp³-hybridized carbons (Fsp3) is 0.357. The van der Waals surface area contributed by atoms with E-state index in [1.807, 2.05) is 19.9 Å². The molecule has 20 heavy (non-hydrogen) atoms. The average Bonchev–Trinajstić information content (AvgIpc) is 2.40. The van der Waals surface area contributed by atoms with Gasteiger partial charge >= 0.3 is 11.8 Å². The molecule has 0 atom stereocenters. The minimum atomic E-state index is -0.899. The summed E-state index contributed by atoms with van der Waals surface area (Å²) in [4.78, 5) is 36.0. The molecule has 0 aromatic heterocycles. The number of nitrogens with one attached hydrogen (secondary N) is 1. The van der Waals surface area contributed by atoms with E-state index in [1.54, 1.807) is 12.1 Å². The zero-order chi connectivity index (χ0) is 15.3. The zero-order valence-electron chi connectivity index (χ0n) is 11.9. The normalized spacial score (nSPS) is 10.0. The third-order valence-electron chi connectivity index (χ3n) is 3.03. The predicted molar refractivity (Wildman–Crippen MR) is 76.0 cm³/mol. The number of amides is 3. The van der Waals surface area contributed by atoms with Crippen LogP contribution in [0, 0.1) is 13.8 Å². The summed E-state index contributed by atoms with van der Waals surface area (Å²) in [5, 5.41) is 2.52. The van der Waals surface area contributed by atoms with E-state index in [0.717, 1.165) is 16.0 Å². The summed E-state index contributed by atoms with van der Waals surface area (Å²) < 4.78 is 0. The molecule has 6 nitrogen and oxygen atoms in total. The first kappa shape index (κ1) is 15.8. The van der Waals surface area contributed by atoms with E-state index in [1.165, 1.54) is 6.92 Å². The number of anilines is 1. The molecular formula is C14H19N3O3. The first-order chi connectivity index (χ1) is 9.38. The van der Waals surface area contributed by atoms with Crippen molar-refractivity contribution in [2.45, 2.75) is 20.8 Å². The highest BCUT2D eigenvalue weighted by Gasteiger charge is 2.24. The summed E-state index contributed by atoms with van der Waals surface area (Å²) in [5.74, 6) is -2.25. The number of carbonyl (C=O) groups is 3. The van der Waals surface area contributed by atoms with Crippen molar-refractivity contribution in [1.29, 1.82) is 0 Å². The Labute approximate surface area is 117 Å². The van der Waals surface area contributed by atoms with Crippen LogP contribution in [0.1, 0.15) is 18.1 Å². The van der Waals surface area contributed by atoms with Gasteiger partial charge in [-0.05, 0) is 31.0 Å². The van der Waals surface area contributed by atoms with Gasteiger partial charge in [0.05, 0.1) is 0 Å². The van der Waals surface area contributed by atoms with Crippen LogP contribution in [0.2, 0.25) is 0 Å². The molecule has 0 spiro atoms. The van der Waals surface area contributed by atoms with Gasteiger partial charge in [-0.15, -0.1) is 0 Å². The number of aryl methyl sites for hydroxylation is 1. The van der Waals surface area contributed by atoms with Crippen LogP contribution < -0.4 is 11.1 Å². The van der Waals surface area contributed by atoms with E-state index in [9.17, 15) is 14.4 Å². The number of benzene rings is 1. The Morgan fingerprint density at radius 1 is 1.25 bits per heavy atom. The van der Waals surface area contributed by atoms with Gasteiger partial charge in [-0.2, -0.15) is 0 Å². The van der Waals surface area contributed by atoms with Crippen LogP contribution in [0.15, 0.2) is 18.2 Å². The molecular weight excluding hydrogens is 258 g/mol. The lowest BCUT2D eigenvalue weighted by Crippen LogP contribution is -2.44. The molecule has 0 saturated carbocycles. The lowest BCUT2D eigenvalue weighted by molar-refractivity contribution is -0.149. The lowest BCUT2D eigenvalue weighted by atomic mass is 10.1. The van der Waals surface area contributed by atoms with Crippen LogP contribution in [-0.2, 0) is 14.4 Å². The molecule has 108 valence electrons. The molecule has 0 saturated heterocycles. The Bertz CT molecular complexity index is 540. The van der Waals surface area contributed by atoms with Gasteiger partial charge in [0.25, 0.3) is 0 Å². The molecule has 0 aliphatic carbocycles. The molecule has 0 bridgehead atoms. The van der Waals surface area contributed by atoms with Gasteiger partial charge in [0.15, 0.2) is 0 Å². The first-order valence-electron chi connectivity index (χ1n) is 6.28. The molecule has 0 radical (unpaired) electrons. The predicted octanol–water partition coefficient (Wildman–Crippen LogP) is 0.576. The van der Waals surface area contributed by atoms with Gasteiger partial charge < -0.3 is 11.1 Å². The van der Waals surface area contributed by atoms with Crippen LogP contribution >= 0.6 is 0 Å². The van der Waals surface area contributed by atoms with Crippen LogP contribution in [0.25, 0.3) is 0 Å². The Hall–Kier alpha value is -2.21. The molecule has 0 unspecified atom stereocenters. The molecule has 1 aromatic carbocycles. The topological polar surface area (TPSA) is 92.5 Å². The fourth-order valence-corrected chi connectivity index (χ4v) is 1.72. The van der Waals surface area contributed by atoms with Gasteiger partial charge in [0.2, 0.25) is 5.91 Å². The largest absolute Gasteiger partial charge is 0.329 e. The van der Waals surface area contributed by atoms with Crippen LogP contribution in [0.4, 0.5) is 5.69 Å². The SMILES string of the molecule is CC(=O)N(CCN)C(=O)C(=O)Nc1cccc(C)c1C. The van der Waals surface area contributed by atoms with Crippen LogP contribution in [0.5, 0.6) is 0 Å². The van der Waals surface area contributed by atoms with Gasteiger partial charge in [0, 0.05) is 25.7 Å². The van der Waals surface area contributed by atoms with Crippen molar-refractivity contribution in [1.82, 2.24) is 4.90 Å². The maximum atomic E-state index is 11.9. The number of carbonyl (C=O) groups excluding carboxylic acids is 3. The van der Waals surface area contributed by atoms with Crippen molar-refractivity contribution >= 4 is 23.4 Å². The average molecular weight is 277 g/mol. The third-order valence-corrected chi connectivity index (χ3v) is 3.03. The molecule has 6 heteroatoms. The summed E-state index contributed by atoms with van der Waals surface area (Å²) in [7, 11) is 0. The quantitative estimate of drug-likeness (QED) is 0.790. The van der Waals surface area contributed by atoms with E-state index in [-0.39, 0.29) is 13.1 Å². The standard InChI is InChI=1S/C14H19N3O3/c1-9-5-4-6-12(10(9)2)16-13(19)14(20)17(8-7-15)11(3)18/h4-6H,7-8,15H2,1-3H3,(H,16,19). The van der Waals surface area contributed by atoms with Crippen molar-refractivity contribution in [3.05, 3.63) is 29.3 Å². The Morgan fingerprint density at radius 2 is 1.90 bits per heavy atom. The molecule has 0 aliphatic heterocycles. The second-order valence-electron chi connectivity index (χ2n) is 4.47. The van der Waals surface area contributed by atoms with Gasteiger partial charge in [-0.25, -0.2) is 0 Å². The molecule has 0 fully saturated rings. The molecule has 1 aromatic rings. The number of hydrogen-bond acceptors (Lipinski definition) is 4. The first-order valence-corrected chi connectivity index (χ1v) is 6.28. The van der Waals surface area contributed by atoms with Crippen molar-refractivity contribution in [2.75, 3.05) is 18.4 Å². The minimum Gasteiger partial charge on any atom is -0.329 e. The highest BCUT2D eigenvalue weighted by atomic mass is 16.2. The maximum absolute atomic E-state index is 11.9. The summed E-state index contributed by atoms with van der Waals surface area (Å²) in [5.41, 5.74) is 7.76. The van der Waals surface area contributed by atoms with E-state index in [4.69, 9.17) is 5.73 Å². The molecule has 3 N–H and O–H groups in total. The smallest absolute Gasteiger partial charge is 0.318 e. The summed E-state index contributed by atoms with van der Waals surface area (Å²) >= 11 is 0. The van der Waals surface area contributed by atoms with E-state index in [2.05, 4.69) is 5.32 Å². The van der Waals surface area contributed by atoms with Crippen molar-refractivity contribution in [3.8, 4) is 0 Å². The van der Waals surface area contributed by atoms with Crippen molar-refractivity contribution < 1.29 is 14.4 Å². The molecule has 3 amide bonds. The van der Waals surface area contributed by atoms with Gasteiger partial charge in [-0.1, -0.05) is 12.1 Å². The molecule has 1 rings (SSSR count). The number of nitrogens with zero attached hydrogens (tertiary/aromatic N) is 1. The van der Waals surface area contributed by atoms with E-state index >= 15 is 0 Å². The van der Waals surface area contributed by atoms with Crippen LogP contribution in [-0.4, -0.2) is 35.7 Å². The van der Waals surface area contributed by atoms with Gasteiger partial charge in [0.1, 0.15) is 0 Å². The number of imide groups is 1. The highest BCUT2D eigenvalue weighted by Crippen LogP contribution is 2.17. The fourth-order valence-electron chi connectivity index (χ4n) is 1.72. The van der Waals surface area contributed by atoms with Crippen molar-refractivity contribution in [2.24, 2.45) is 5.73 Å². The number of nitrogens with two attached hydrogens (primary N) is 1. The summed E-state index contributed by atoms with van der Waals surface area (Å²) in [6.07, 6.45) is 0. The van der Waals surface area contributed by atoms with E-state index in [0.29, 0.717) is 5.69 Å². The van der Waals surface area contributed by atoms with Crippen LogP contribution in [0.3, 0.4) is 0 Å². The van der Waals surface area contributed by atoms with Gasteiger partial charge in [-0.3, -0.25) is 19.3 Å². The Kier molecular flexibility index (Phi) is 5.40. The number of rotatable bonds is 3. The second kappa shape index (κ2) is 6.81. The third kappa shape index (κ3) is 3.64. The lowest BCUT2D eigenvalue weighted by Gasteiger charge is -2.18. The summed E-state index contributed by atoms with van der Waals surface area (Å²) in [6, 6.07) is 5.39.